The van der Waals surface area contributed by atoms with Gasteiger partial charge in [0.1, 0.15) is 11.5 Å². The maximum Gasteiger partial charge on any atom is 0.124 e. The Morgan fingerprint density at radius 1 is 1.00 bits per heavy atom. The highest BCUT2D eigenvalue weighted by atomic mass is 16.3. The Labute approximate surface area is 138 Å². The normalized spacial score (nSPS) is 11.3. The Morgan fingerprint density at radius 3 is 2.17 bits per heavy atom. The molecular formula is C21H24O2. The molecule has 2 aromatic carbocycles. The van der Waals surface area contributed by atoms with Crippen LogP contribution in [0.2, 0.25) is 0 Å². The summed E-state index contributed by atoms with van der Waals surface area (Å²) in [6, 6.07) is 7.32. The lowest BCUT2D eigenvalue weighted by Crippen LogP contribution is -2.12. The van der Waals surface area contributed by atoms with E-state index in [9.17, 15) is 10.2 Å². The average molecular weight is 308 g/mol. The Hall–Kier alpha value is -2.48. The fourth-order valence-corrected chi connectivity index (χ4v) is 2.82. The molecule has 0 saturated carbocycles. The number of phenolic OH excluding ortho intramolecular Hbond substituents is 2. The van der Waals surface area contributed by atoms with Crippen molar-refractivity contribution in [1.29, 1.82) is 0 Å². The Bertz CT molecular complexity index is 777. The summed E-state index contributed by atoms with van der Waals surface area (Å²) in [5, 5.41) is 20.8. The van der Waals surface area contributed by atoms with Gasteiger partial charge in [-0.25, -0.2) is 0 Å². The van der Waals surface area contributed by atoms with Crippen molar-refractivity contribution in [2.45, 2.75) is 33.1 Å². The third kappa shape index (κ3) is 3.02. The number of aromatic hydroxyl groups is 2. The van der Waals surface area contributed by atoms with Gasteiger partial charge in [0.05, 0.1) is 0 Å². The number of aryl methyl sites for hydroxylation is 1. The lowest BCUT2D eigenvalue weighted by Gasteiger charge is -2.23. The van der Waals surface area contributed by atoms with Crippen LogP contribution in [0.3, 0.4) is 0 Å². The van der Waals surface area contributed by atoms with Crippen molar-refractivity contribution in [2.24, 2.45) is 0 Å². The Kier molecular flexibility index (Phi) is 4.37. The predicted molar refractivity (Wildman–Crippen MR) is 98.8 cm³/mol. The first-order valence-electron chi connectivity index (χ1n) is 7.66. The van der Waals surface area contributed by atoms with Gasteiger partial charge in [0.25, 0.3) is 0 Å². The Balaban J connectivity index is 2.86. The van der Waals surface area contributed by atoms with Gasteiger partial charge < -0.3 is 10.2 Å². The van der Waals surface area contributed by atoms with E-state index in [0.29, 0.717) is 11.3 Å². The van der Waals surface area contributed by atoms with E-state index in [-0.39, 0.29) is 11.2 Å². The van der Waals surface area contributed by atoms with Crippen LogP contribution in [0.1, 0.15) is 43.0 Å². The minimum absolute atomic E-state index is 0.190. The lowest BCUT2D eigenvalue weighted by molar-refractivity contribution is 0.443. The van der Waals surface area contributed by atoms with Gasteiger partial charge in [-0.2, -0.15) is 0 Å². The second-order valence-electron chi connectivity index (χ2n) is 6.81. The van der Waals surface area contributed by atoms with Crippen molar-refractivity contribution in [2.75, 3.05) is 0 Å². The van der Waals surface area contributed by atoms with Crippen LogP contribution in [-0.4, -0.2) is 10.2 Å². The fraction of sp³-hybridized carbons (Fsp3) is 0.238. The van der Waals surface area contributed by atoms with Crippen molar-refractivity contribution < 1.29 is 10.2 Å². The van der Waals surface area contributed by atoms with Crippen LogP contribution < -0.4 is 0 Å². The summed E-state index contributed by atoms with van der Waals surface area (Å²) < 4.78 is 0. The van der Waals surface area contributed by atoms with Gasteiger partial charge in [0, 0.05) is 11.1 Å². The summed E-state index contributed by atoms with van der Waals surface area (Å²) in [6.45, 7) is 15.7. The van der Waals surface area contributed by atoms with E-state index in [0.717, 1.165) is 27.8 Å². The van der Waals surface area contributed by atoms with Gasteiger partial charge >= 0.3 is 0 Å². The van der Waals surface area contributed by atoms with Gasteiger partial charge in [-0.1, -0.05) is 52.1 Å². The van der Waals surface area contributed by atoms with Crippen molar-refractivity contribution in [3.8, 4) is 22.6 Å². The van der Waals surface area contributed by atoms with Crippen molar-refractivity contribution in [3.63, 3.8) is 0 Å². The highest BCUT2D eigenvalue weighted by Crippen LogP contribution is 2.41. The average Bonchev–Trinajstić information content (AvgIpc) is 2.48. The molecule has 2 heteroatoms. The maximum absolute atomic E-state index is 10.4. The standard InChI is InChI=1S/C21H24O2/c1-7-14-9-10-18(22)19(16(14)8-2)15-11-13(3)20(23)17(12-15)21(4,5)6/h7-12,22-23H,1-2H2,3-6H3. The van der Waals surface area contributed by atoms with Crippen molar-refractivity contribution in [1.82, 2.24) is 0 Å². The molecule has 0 atom stereocenters. The second-order valence-corrected chi connectivity index (χ2v) is 6.81. The first-order valence-corrected chi connectivity index (χ1v) is 7.66. The summed E-state index contributed by atoms with van der Waals surface area (Å²) in [5.41, 5.74) is 4.76. The predicted octanol–water partition coefficient (Wildman–Crippen LogP) is 5.66. The van der Waals surface area contributed by atoms with Crippen LogP contribution in [-0.2, 0) is 5.41 Å². The molecule has 2 N–H and O–H groups in total. The summed E-state index contributed by atoms with van der Waals surface area (Å²) in [4.78, 5) is 0. The number of benzene rings is 2. The lowest BCUT2D eigenvalue weighted by atomic mass is 9.82. The molecule has 0 aliphatic heterocycles. The molecule has 120 valence electrons. The SMILES string of the molecule is C=Cc1ccc(O)c(-c2cc(C)c(O)c(C(C)(C)C)c2)c1C=C. The van der Waals surface area contributed by atoms with Crippen molar-refractivity contribution >= 4 is 12.2 Å². The molecule has 0 unspecified atom stereocenters. The van der Waals surface area contributed by atoms with Gasteiger partial charge in [-0.15, -0.1) is 0 Å². The topological polar surface area (TPSA) is 40.5 Å². The van der Waals surface area contributed by atoms with Crippen LogP contribution >= 0.6 is 0 Å². The minimum atomic E-state index is -0.204. The molecule has 0 bridgehead atoms. The number of hydrogen-bond donors (Lipinski definition) is 2. The molecule has 0 heterocycles. The summed E-state index contributed by atoms with van der Waals surface area (Å²) >= 11 is 0. The zero-order chi connectivity index (χ0) is 17.4. The van der Waals surface area contributed by atoms with E-state index in [1.54, 1.807) is 18.2 Å². The smallest absolute Gasteiger partial charge is 0.124 e. The third-order valence-electron chi connectivity index (χ3n) is 4.08. The Morgan fingerprint density at radius 2 is 1.65 bits per heavy atom. The molecule has 0 aliphatic rings. The second kappa shape index (κ2) is 5.96. The molecule has 23 heavy (non-hydrogen) atoms. The van der Waals surface area contributed by atoms with Crippen LogP contribution in [0.4, 0.5) is 0 Å². The molecule has 0 radical (unpaired) electrons. The zero-order valence-corrected chi connectivity index (χ0v) is 14.3. The van der Waals surface area contributed by atoms with E-state index < -0.39 is 0 Å². The molecule has 0 aromatic heterocycles. The summed E-state index contributed by atoms with van der Waals surface area (Å²) in [5.74, 6) is 0.496. The van der Waals surface area contributed by atoms with E-state index in [4.69, 9.17) is 0 Å². The van der Waals surface area contributed by atoms with Crippen LogP contribution in [0.15, 0.2) is 37.4 Å². The molecule has 2 aromatic rings. The molecule has 2 rings (SSSR count). The summed E-state index contributed by atoms with van der Waals surface area (Å²) in [6.07, 6.45) is 3.48. The van der Waals surface area contributed by atoms with Gasteiger partial charge in [-0.05, 0) is 52.8 Å². The van der Waals surface area contributed by atoms with Gasteiger partial charge in [0.2, 0.25) is 0 Å². The molecule has 0 aliphatic carbocycles. The van der Waals surface area contributed by atoms with E-state index in [1.807, 2.05) is 25.1 Å². The molecule has 0 amide bonds. The van der Waals surface area contributed by atoms with Crippen LogP contribution in [0, 0.1) is 6.92 Å². The number of hydrogen-bond acceptors (Lipinski definition) is 2. The first-order chi connectivity index (χ1) is 10.7. The van der Waals surface area contributed by atoms with Gasteiger partial charge in [-0.3, -0.25) is 0 Å². The van der Waals surface area contributed by atoms with E-state index >= 15 is 0 Å². The third-order valence-corrected chi connectivity index (χ3v) is 4.08. The molecule has 0 spiro atoms. The highest BCUT2D eigenvalue weighted by molar-refractivity contribution is 5.85. The number of phenols is 2. The van der Waals surface area contributed by atoms with Gasteiger partial charge in [0.15, 0.2) is 0 Å². The first kappa shape index (κ1) is 16.9. The molecule has 0 saturated heterocycles. The number of rotatable bonds is 3. The van der Waals surface area contributed by atoms with Crippen LogP contribution in [0.5, 0.6) is 11.5 Å². The molecular weight excluding hydrogens is 284 g/mol. The monoisotopic (exact) mass is 308 g/mol. The summed E-state index contributed by atoms with van der Waals surface area (Å²) in [7, 11) is 0. The zero-order valence-electron chi connectivity index (χ0n) is 14.3. The maximum atomic E-state index is 10.4. The largest absolute Gasteiger partial charge is 0.507 e. The fourth-order valence-electron chi connectivity index (χ4n) is 2.82. The quantitative estimate of drug-likeness (QED) is 0.768. The van der Waals surface area contributed by atoms with E-state index in [2.05, 4.69) is 33.9 Å². The minimum Gasteiger partial charge on any atom is -0.507 e. The van der Waals surface area contributed by atoms with E-state index in [1.165, 1.54) is 0 Å². The highest BCUT2D eigenvalue weighted by Gasteiger charge is 2.22. The van der Waals surface area contributed by atoms with Crippen molar-refractivity contribution in [3.05, 3.63) is 59.7 Å². The molecule has 2 nitrogen and oxygen atoms in total. The molecule has 0 fully saturated rings. The van der Waals surface area contributed by atoms with Crippen LogP contribution in [0.25, 0.3) is 23.3 Å².